The third-order valence-corrected chi connectivity index (χ3v) is 7.82. The minimum atomic E-state index is -0.982. The number of amides is 3. The lowest BCUT2D eigenvalue weighted by Gasteiger charge is -2.35. The van der Waals surface area contributed by atoms with Gasteiger partial charge in [0.1, 0.15) is 18.2 Å². The number of fused-ring (bicyclic) bond motifs is 3. The molecule has 10 heteroatoms. The molecule has 1 fully saturated rings. The quantitative estimate of drug-likeness (QED) is 0.407. The molecule has 1 aromatic carbocycles. The molecule has 1 N–H and O–H groups in total. The van der Waals surface area contributed by atoms with Crippen LogP contribution in [-0.2, 0) is 36.9 Å². The number of hydrogen-bond donors (Lipinski definition) is 1. The number of nitrogens with one attached hydrogen (secondary N) is 1. The highest BCUT2D eigenvalue weighted by atomic mass is 16.6. The number of carbonyl (C=O) groups is 4. The van der Waals surface area contributed by atoms with E-state index in [-0.39, 0.29) is 25.0 Å². The predicted molar refractivity (Wildman–Crippen MR) is 148 cm³/mol. The van der Waals surface area contributed by atoms with E-state index in [4.69, 9.17) is 14.2 Å². The summed E-state index contributed by atoms with van der Waals surface area (Å²) in [5.74, 6) is -1.07. The Labute approximate surface area is 236 Å². The number of rotatable bonds is 1. The van der Waals surface area contributed by atoms with Crippen molar-refractivity contribution in [2.45, 2.75) is 85.2 Å². The first kappa shape index (κ1) is 29.4. The van der Waals surface area contributed by atoms with E-state index in [9.17, 15) is 19.2 Å². The molecule has 0 spiro atoms. The molecule has 3 atom stereocenters. The summed E-state index contributed by atoms with van der Waals surface area (Å²) >= 11 is 0. The summed E-state index contributed by atoms with van der Waals surface area (Å²) in [6.07, 6.45) is 3.93. The number of hydrogen-bond acceptors (Lipinski definition) is 7. The third-order valence-electron chi connectivity index (χ3n) is 7.82. The van der Waals surface area contributed by atoms with Gasteiger partial charge in [-0.3, -0.25) is 9.69 Å². The highest BCUT2D eigenvalue weighted by molar-refractivity contribution is 5.91. The lowest BCUT2D eigenvalue weighted by molar-refractivity contribution is -0.152. The van der Waals surface area contributed by atoms with Gasteiger partial charge >= 0.3 is 18.2 Å². The maximum Gasteiger partial charge on any atom is 0.410 e. The van der Waals surface area contributed by atoms with Gasteiger partial charge in [0.25, 0.3) is 0 Å². The van der Waals surface area contributed by atoms with Crippen LogP contribution in [0.15, 0.2) is 24.3 Å². The number of ether oxygens (including phenoxy) is 3. The highest BCUT2D eigenvalue weighted by Gasteiger charge is 2.47. The zero-order valence-electron chi connectivity index (χ0n) is 24.3. The largest absolute Gasteiger partial charge is 0.467 e. The molecule has 4 bridgehead atoms. The van der Waals surface area contributed by atoms with Crippen LogP contribution in [0.3, 0.4) is 0 Å². The van der Waals surface area contributed by atoms with Gasteiger partial charge in [-0.25, -0.2) is 14.4 Å². The van der Waals surface area contributed by atoms with E-state index in [1.165, 1.54) is 12.0 Å². The van der Waals surface area contributed by atoms with Crippen molar-refractivity contribution in [2.75, 3.05) is 20.3 Å². The predicted octanol–water partition coefficient (Wildman–Crippen LogP) is 4.26. The molecule has 0 unspecified atom stereocenters. The van der Waals surface area contributed by atoms with E-state index in [0.29, 0.717) is 13.1 Å². The second-order valence-corrected chi connectivity index (χ2v) is 12.7. The Balaban J connectivity index is 1.64. The molecular weight excluding hydrogens is 514 g/mol. The molecule has 3 aliphatic rings. The fraction of sp³-hybridized carbons (Fsp3) is 0.600. The van der Waals surface area contributed by atoms with Crippen LogP contribution in [0.4, 0.5) is 9.59 Å². The number of cyclic esters (lactones) is 1. The van der Waals surface area contributed by atoms with Crippen molar-refractivity contribution in [2.24, 2.45) is 10.8 Å². The fourth-order valence-electron chi connectivity index (χ4n) is 5.43. The van der Waals surface area contributed by atoms with Crippen LogP contribution in [0.2, 0.25) is 0 Å². The van der Waals surface area contributed by atoms with Crippen LogP contribution < -0.4 is 5.32 Å². The van der Waals surface area contributed by atoms with E-state index in [1.54, 1.807) is 4.90 Å². The molecule has 0 aromatic heterocycles. The summed E-state index contributed by atoms with van der Waals surface area (Å²) in [4.78, 5) is 55.6. The number of esters is 1. The maximum absolute atomic E-state index is 13.8. The van der Waals surface area contributed by atoms with Crippen molar-refractivity contribution in [1.29, 1.82) is 0 Å². The number of carbonyl (C=O) groups excluding carboxylic acids is 4. The first-order valence-electron chi connectivity index (χ1n) is 13.8. The van der Waals surface area contributed by atoms with Gasteiger partial charge < -0.3 is 24.4 Å². The van der Waals surface area contributed by atoms with E-state index in [1.807, 2.05) is 52.8 Å². The van der Waals surface area contributed by atoms with Crippen LogP contribution in [0.5, 0.6) is 0 Å². The molecule has 218 valence electrons. The second kappa shape index (κ2) is 11.5. The third kappa shape index (κ3) is 6.59. The van der Waals surface area contributed by atoms with Crippen molar-refractivity contribution in [3.63, 3.8) is 0 Å². The number of allylic oxidation sites excluding steroid dienone is 1. The smallest absolute Gasteiger partial charge is 0.410 e. The zero-order chi connectivity index (χ0) is 29.2. The topological polar surface area (TPSA) is 114 Å². The monoisotopic (exact) mass is 555 g/mol. The Morgan fingerprint density at radius 2 is 1.90 bits per heavy atom. The molecule has 10 nitrogen and oxygen atoms in total. The highest BCUT2D eigenvalue weighted by Crippen LogP contribution is 2.31. The van der Waals surface area contributed by atoms with E-state index in [0.717, 1.165) is 29.5 Å². The van der Waals surface area contributed by atoms with Crippen molar-refractivity contribution in [1.82, 2.24) is 15.1 Å². The molecule has 3 aliphatic heterocycles. The van der Waals surface area contributed by atoms with Gasteiger partial charge in [0, 0.05) is 13.0 Å². The van der Waals surface area contributed by atoms with Crippen LogP contribution in [0, 0.1) is 10.8 Å². The number of benzene rings is 1. The SMILES string of the molecule is COC(=O)[C@@H]1C[C@@H]2CN1C(=O)[C@H](C(C)(C)C)NC(=O)OCC(C)(C)CC/C=C/c1cccc3c1CN(C3)C(=O)O2. The van der Waals surface area contributed by atoms with Crippen molar-refractivity contribution in [3.8, 4) is 0 Å². The summed E-state index contributed by atoms with van der Waals surface area (Å²) < 4.78 is 16.4. The molecular formula is C30H41N3O7. The lowest BCUT2D eigenvalue weighted by Crippen LogP contribution is -2.57. The summed E-state index contributed by atoms with van der Waals surface area (Å²) in [6, 6.07) is 4.09. The van der Waals surface area contributed by atoms with E-state index >= 15 is 0 Å². The second-order valence-electron chi connectivity index (χ2n) is 12.7. The molecule has 0 aliphatic carbocycles. The minimum Gasteiger partial charge on any atom is -0.467 e. The Morgan fingerprint density at radius 3 is 2.60 bits per heavy atom. The Morgan fingerprint density at radius 1 is 1.15 bits per heavy atom. The summed E-state index contributed by atoms with van der Waals surface area (Å²) in [6.45, 7) is 10.6. The van der Waals surface area contributed by atoms with Crippen LogP contribution in [0.1, 0.15) is 70.6 Å². The Bertz CT molecular complexity index is 1190. The van der Waals surface area contributed by atoms with Gasteiger partial charge in [-0.05, 0) is 40.4 Å². The molecule has 40 heavy (non-hydrogen) atoms. The number of nitrogens with zero attached hydrogens (tertiary/aromatic N) is 2. The Kier molecular flexibility index (Phi) is 8.46. The zero-order valence-corrected chi connectivity index (χ0v) is 24.3. The summed E-state index contributed by atoms with van der Waals surface area (Å²) in [5.41, 5.74) is 2.20. The van der Waals surface area contributed by atoms with Gasteiger partial charge in [-0.15, -0.1) is 0 Å². The van der Waals surface area contributed by atoms with Gasteiger partial charge in [-0.1, -0.05) is 65.0 Å². The lowest BCUT2D eigenvalue weighted by atomic mass is 9.85. The van der Waals surface area contributed by atoms with Gasteiger partial charge in [0.05, 0.1) is 26.8 Å². The van der Waals surface area contributed by atoms with Crippen molar-refractivity contribution >= 4 is 30.1 Å². The van der Waals surface area contributed by atoms with Crippen molar-refractivity contribution < 1.29 is 33.4 Å². The van der Waals surface area contributed by atoms with Gasteiger partial charge in [0.2, 0.25) is 5.91 Å². The first-order chi connectivity index (χ1) is 18.8. The number of alkyl carbamates (subject to hydrolysis) is 1. The Hall–Kier alpha value is -3.56. The van der Waals surface area contributed by atoms with Crippen molar-refractivity contribution in [3.05, 3.63) is 41.0 Å². The summed E-state index contributed by atoms with van der Waals surface area (Å²) in [5, 5.41) is 2.73. The first-order valence-corrected chi connectivity index (χ1v) is 13.8. The van der Waals surface area contributed by atoms with Gasteiger partial charge in [-0.2, -0.15) is 0 Å². The average molecular weight is 556 g/mol. The molecule has 1 saturated heterocycles. The van der Waals surface area contributed by atoms with E-state index in [2.05, 4.69) is 17.5 Å². The maximum atomic E-state index is 13.8. The van der Waals surface area contributed by atoms with Crippen LogP contribution in [0.25, 0.3) is 6.08 Å². The molecule has 3 heterocycles. The molecule has 4 rings (SSSR count). The molecule has 3 amide bonds. The minimum absolute atomic E-state index is 0.00938. The van der Waals surface area contributed by atoms with Crippen LogP contribution >= 0.6 is 0 Å². The van der Waals surface area contributed by atoms with Gasteiger partial charge in [0.15, 0.2) is 0 Å². The normalized spacial score (nSPS) is 26.4. The van der Waals surface area contributed by atoms with Crippen LogP contribution in [-0.4, -0.2) is 72.3 Å². The fourth-order valence-corrected chi connectivity index (χ4v) is 5.43. The molecule has 0 saturated carbocycles. The number of methoxy groups -OCH3 is 1. The molecule has 1 aromatic rings. The van der Waals surface area contributed by atoms with E-state index < -0.39 is 47.7 Å². The summed E-state index contributed by atoms with van der Waals surface area (Å²) in [7, 11) is 1.25. The average Bonchev–Trinajstić information content (AvgIpc) is 3.52. The standard InChI is InChI=1S/C30H41N3O7/c1-29(2,3)24-25(34)33-16-21(14-23(33)26(35)38-6)40-28(37)32-15-20-12-9-11-19(22(20)17-32)10-7-8-13-30(4,5)18-39-27(36)31-24/h7,9-12,21,23-24H,8,13-18H2,1-6H3,(H,31,36)/b10-7+/t21-,23+,24-/m1/s1. The molecule has 0 radical (unpaired) electrons.